The molecule has 136 valence electrons. The van der Waals surface area contributed by atoms with Gasteiger partial charge >= 0.3 is 0 Å². The quantitative estimate of drug-likeness (QED) is 0.665. The Labute approximate surface area is 156 Å². The number of anilines is 1. The van der Waals surface area contributed by atoms with E-state index in [9.17, 15) is 0 Å². The van der Waals surface area contributed by atoms with E-state index in [-0.39, 0.29) is 5.92 Å². The van der Waals surface area contributed by atoms with Crippen molar-refractivity contribution in [3.63, 3.8) is 0 Å². The van der Waals surface area contributed by atoms with Gasteiger partial charge in [-0.05, 0) is 37.0 Å². The first-order valence-corrected chi connectivity index (χ1v) is 8.98. The van der Waals surface area contributed by atoms with E-state index in [1.807, 2.05) is 29.0 Å². The first-order chi connectivity index (χ1) is 13.1. The van der Waals surface area contributed by atoms with Crippen molar-refractivity contribution in [2.75, 3.05) is 5.32 Å². The summed E-state index contributed by atoms with van der Waals surface area (Å²) in [5, 5.41) is 20.7. The van der Waals surface area contributed by atoms with Crippen LogP contribution in [0.5, 0.6) is 0 Å². The summed E-state index contributed by atoms with van der Waals surface area (Å²) in [4.78, 5) is 11.5. The highest BCUT2D eigenvalue weighted by Crippen LogP contribution is 2.39. The Bertz CT molecular complexity index is 1080. The van der Waals surface area contributed by atoms with Gasteiger partial charge in [-0.25, -0.2) is 9.97 Å². The second-order valence-corrected chi connectivity index (χ2v) is 7.12. The minimum atomic E-state index is 0.267. The number of pyridine rings is 1. The van der Waals surface area contributed by atoms with Crippen molar-refractivity contribution in [3.05, 3.63) is 54.6 Å². The molecule has 0 aromatic carbocycles. The van der Waals surface area contributed by atoms with Crippen molar-refractivity contribution >= 4 is 22.5 Å². The molecule has 27 heavy (non-hydrogen) atoms. The Kier molecular flexibility index (Phi) is 4.24. The van der Waals surface area contributed by atoms with Crippen LogP contribution >= 0.6 is 0 Å². The van der Waals surface area contributed by atoms with Gasteiger partial charge in [0.1, 0.15) is 17.3 Å². The molecular formula is C20H21N7. The lowest BCUT2D eigenvalue weighted by Gasteiger charge is -2.21. The van der Waals surface area contributed by atoms with E-state index in [1.54, 1.807) is 18.5 Å². The van der Waals surface area contributed by atoms with Gasteiger partial charge in [-0.1, -0.05) is 13.5 Å². The fourth-order valence-electron chi connectivity index (χ4n) is 4.04. The third kappa shape index (κ3) is 3.10. The van der Waals surface area contributed by atoms with Crippen LogP contribution in [0.4, 0.5) is 5.69 Å². The molecule has 3 N–H and O–H groups in total. The predicted octanol–water partition coefficient (Wildman–Crippen LogP) is 3.11. The Balaban J connectivity index is 1.55. The van der Waals surface area contributed by atoms with Crippen LogP contribution in [0.2, 0.25) is 0 Å². The smallest absolute Gasteiger partial charge is 0.154 e. The molecule has 0 amide bonds. The van der Waals surface area contributed by atoms with E-state index in [2.05, 4.69) is 33.8 Å². The predicted molar refractivity (Wildman–Crippen MR) is 104 cm³/mol. The standard InChI is InChI=1S/C20H21N7/c1-12-7-16(26-15-4-3-14(9-21)24-10-15)8-17(12)13(2)27-18-5-6-23-20(18)25-11-19(27)22/h3-6,10-12,16-17,22-23,26H,2,7-8H2,1H3/t12-,16+,17+/m0/s1. The molecule has 3 atom stereocenters. The molecule has 0 bridgehead atoms. The third-order valence-corrected chi connectivity index (χ3v) is 5.35. The minimum absolute atomic E-state index is 0.267. The summed E-state index contributed by atoms with van der Waals surface area (Å²) in [6, 6.07) is 7.88. The fraction of sp³-hybridized carbons (Fsp3) is 0.300. The molecule has 0 aliphatic heterocycles. The number of aromatic nitrogens is 4. The number of hydrogen-bond donors (Lipinski definition) is 3. The zero-order valence-electron chi connectivity index (χ0n) is 15.1. The molecule has 1 saturated carbocycles. The summed E-state index contributed by atoms with van der Waals surface area (Å²) in [6.45, 7) is 6.57. The van der Waals surface area contributed by atoms with Gasteiger partial charge in [-0.15, -0.1) is 0 Å². The van der Waals surface area contributed by atoms with Crippen LogP contribution in [0.1, 0.15) is 25.5 Å². The molecule has 1 aliphatic carbocycles. The normalized spacial score (nSPS) is 21.9. The van der Waals surface area contributed by atoms with Crippen LogP contribution in [0.3, 0.4) is 0 Å². The van der Waals surface area contributed by atoms with Crippen molar-refractivity contribution in [2.24, 2.45) is 11.8 Å². The molecule has 1 aliphatic rings. The maximum Gasteiger partial charge on any atom is 0.154 e. The molecule has 3 heterocycles. The maximum atomic E-state index is 8.87. The Hall–Kier alpha value is -3.40. The van der Waals surface area contributed by atoms with Gasteiger partial charge in [0, 0.05) is 23.9 Å². The number of fused-ring (bicyclic) bond motifs is 1. The lowest BCUT2D eigenvalue weighted by atomic mass is 9.95. The Morgan fingerprint density at radius 3 is 2.93 bits per heavy atom. The number of aromatic amines is 1. The summed E-state index contributed by atoms with van der Waals surface area (Å²) in [5.74, 6) is 0.707. The zero-order valence-corrected chi connectivity index (χ0v) is 15.1. The van der Waals surface area contributed by atoms with E-state index in [1.165, 1.54) is 0 Å². The summed E-state index contributed by atoms with van der Waals surface area (Å²) in [5.41, 5.74) is 4.25. The van der Waals surface area contributed by atoms with Gasteiger partial charge in [-0.3, -0.25) is 9.98 Å². The lowest BCUT2D eigenvalue weighted by Crippen LogP contribution is -2.24. The van der Waals surface area contributed by atoms with Crippen LogP contribution in [0.15, 0.2) is 43.4 Å². The van der Waals surface area contributed by atoms with E-state index < -0.39 is 0 Å². The number of H-pyrrole nitrogens is 1. The van der Waals surface area contributed by atoms with Gasteiger partial charge in [0.05, 0.1) is 23.6 Å². The largest absolute Gasteiger partial charge is 0.381 e. The van der Waals surface area contributed by atoms with Gasteiger partial charge in [-0.2, -0.15) is 5.26 Å². The monoisotopic (exact) mass is 359 g/mol. The average Bonchev–Trinajstić information content (AvgIpc) is 3.28. The van der Waals surface area contributed by atoms with Crippen LogP contribution in [0.25, 0.3) is 16.9 Å². The highest BCUT2D eigenvalue weighted by Gasteiger charge is 2.34. The SMILES string of the molecule is C=C([C@@H]1C[C@H](Nc2ccc(C#N)nc2)C[C@@H]1C)n1c(=N)cnc2[nH]ccc21. The van der Waals surface area contributed by atoms with Crippen LogP contribution in [0, 0.1) is 28.6 Å². The second kappa shape index (κ2) is 6.72. The topological polar surface area (TPSA) is 106 Å². The number of hydrogen-bond acceptors (Lipinski definition) is 5. The molecule has 3 aromatic heterocycles. The molecule has 7 nitrogen and oxygen atoms in total. The molecule has 1 fully saturated rings. The number of nitrogens with one attached hydrogen (secondary N) is 3. The van der Waals surface area contributed by atoms with Crippen molar-refractivity contribution in [1.29, 1.82) is 10.7 Å². The zero-order chi connectivity index (χ0) is 19.0. The van der Waals surface area contributed by atoms with Gasteiger partial charge < -0.3 is 10.3 Å². The van der Waals surface area contributed by atoms with Crippen LogP contribution in [-0.2, 0) is 0 Å². The van der Waals surface area contributed by atoms with Gasteiger partial charge in [0.25, 0.3) is 0 Å². The summed E-state index contributed by atoms with van der Waals surface area (Å²) in [6.07, 6.45) is 7.04. The molecule has 0 radical (unpaired) electrons. The van der Waals surface area contributed by atoms with E-state index in [0.717, 1.165) is 35.4 Å². The number of rotatable bonds is 4. The average molecular weight is 359 g/mol. The Morgan fingerprint density at radius 1 is 1.33 bits per heavy atom. The van der Waals surface area contributed by atoms with Crippen LogP contribution in [-0.4, -0.2) is 25.6 Å². The first kappa shape index (κ1) is 17.0. The van der Waals surface area contributed by atoms with E-state index in [4.69, 9.17) is 10.7 Å². The molecule has 0 spiro atoms. The minimum Gasteiger partial charge on any atom is -0.381 e. The maximum absolute atomic E-state index is 8.87. The lowest BCUT2D eigenvalue weighted by molar-refractivity contribution is 0.501. The first-order valence-electron chi connectivity index (χ1n) is 8.98. The molecule has 7 heteroatoms. The molecule has 0 saturated heterocycles. The van der Waals surface area contributed by atoms with Crippen molar-refractivity contribution in [2.45, 2.75) is 25.8 Å². The third-order valence-electron chi connectivity index (χ3n) is 5.35. The van der Waals surface area contributed by atoms with E-state index >= 15 is 0 Å². The van der Waals surface area contributed by atoms with E-state index in [0.29, 0.717) is 23.1 Å². The molecule has 4 rings (SSSR count). The molecular weight excluding hydrogens is 338 g/mol. The van der Waals surface area contributed by atoms with Gasteiger partial charge in [0.2, 0.25) is 0 Å². The Morgan fingerprint density at radius 2 is 2.19 bits per heavy atom. The number of nitriles is 1. The summed E-state index contributed by atoms with van der Waals surface area (Å²) in [7, 11) is 0. The number of allylic oxidation sites excluding steroid dienone is 1. The molecule has 3 aromatic rings. The number of nitrogens with zero attached hydrogens (tertiary/aromatic N) is 4. The van der Waals surface area contributed by atoms with Crippen molar-refractivity contribution in [3.8, 4) is 6.07 Å². The highest BCUT2D eigenvalue weighted by atomic mass is 15.1. The highest BCUT2D eigenvalue weighted by molar-refractivity contribution is 5.75. The summed E-state index contributed by atoms with van der Waals surface area (Å²) < 4.78 is 1.89. The summed E-state index contributed by atoms with van der Waals surface area (Å²) >= 11 is 0. The van der Waals surface area contributed by atoms with Crippen molar-refractivity contribution in [1.82, 2.24) is 19.5 Å². The second-order valence-electron chi connectivity index (χ2n) is 7.12. The molecule has 0 unspecified atom stereocenters. The van der Waals surface area contributed by atoms with Gasteiger partial charge in [0.15, 0.2) is 5.65 Å². The fourth-order valence-corrected chi connectivity index (χ4v) is 4.04. The van der Waals surface area contributed by atoms with Crippen molar-refractivity contribution < 1.29 is 0 Å². The van der Waals surface area contributed by atoms with Crippen LogP contribution < -0.4 is 10.8 Å².